The van der Waals surface area contributed by atoms with Gasteiger partial charge in [0.1, 0.15) is 5.75 Å². The summed E-state index contributed by atoms with van der Waals surface area (Å²) in [5.74, 6) is 1.58. The highest BCUT2D eigenvalue weighted by Gasteiger charge is 2.52. The molecule has 3 aromatic rings. The zero-order chi connectivity index (χ0) is 31.8. The van der Waals surface area contributed by atoms with Gasteiger partial charge in [0.25, 0.3) is 0 Å². The van der Waals surface area contributed by atoms with E-state index in [0.29, 0.717) is 24.2 Å². The van der Waals surface area contributed by atoms with Crippen LogP contribution in [-0.2, 0) is 10.2 Å². The van der Waals surface area contributed by atoms with E-state index in [0.717, 1.165) is 53.9 Å². The van der Waals surface area contributed by atoms with Crippen LogP contribution in [0.15, 0.2) is 72.8 Å². The number of carbonyl (C=O) groups is 3. The number of carboxylic acid groups (broad SMARTS) is 2. The lowest BCUT2D eigenvalue weighted by Gasteiger charge is -2.57. The largest absolute Gasteiger partial charge is 0.493 e. The molecule has 4 N–H and O–H groups in total. The van der Waals surface area contributed by atoms with Gasteiger partial charge in [-0.15, -0.1) is 0 Å². The van der Waals surface area contributed by atoms with Gasteiger partial charge in [0.05, 0.1) is 17.7 Å². The average Bonchev–Trinajstić information content (AvgIpc) is 3.02. The molecule has 236 valence electrons. The number of nitrogens with two attached hydrogens (primary N) is 1. The summed E-state index contributed by atoms with van der Waals surface area (Å²) < 4.78 is 6.45. The van der Waals surface area contributed by atoms with Crippen LogP contribution in [0.4, 0.5) is 0 Å². The van der Waals surface area contributed by atoms with E-state index < -0.39 is 11.9 Å². The molecular formula is C38H43NO6. The van der Waals surface area contributed by atoms with Crippen molar-refractivity contribution in [3.8, 4) is 5.75 Å². The molecule has 45 heavy (non-hydrogen) atoms. The van der Waals surface area contributed by atoms with Crippen molar-refractivity contribution in [2.24, 2.45) is 23.5 Å². The minimum Gasteiger partial charge on any atom is -0.493 e. The second kappa shape index (κ2) is 14.6. The van der Waals surface area contributed by atoms with Crippen LogP contribution in [0.25, 0.3) is 12.2 Å². The lowest BCUT2D eigenvalue weighted by molar-refractivity contribution is -0.118. The maximum atomic E-state index is 11.1. The number of hydrogen-bond acceptors (Lipinski definition) is 4. The molecule has 0 unspecified atom stereocenters. The van der Waals surface area contributed by atoms with Gasteiger partial charge in [-0.2, -0.15) is 0 Å². The number of ether oxygens (including phenoxy) is 1. The van der Waals surface area contributed by atoms with E-state index in [2.05, 4.69) is 24.3 Å². The molecule has 0 atom stereocenters. The second-order valence-electron chi connectivity index (χ2n) is 13.0. The molecule has 1 amide bonds. The van der Waals surface area contributed by atoms with E-state index in [1.54, 1.807) is 42.5 Å². The number of primary amides is 1. The zero-order valence-electron chi connectivity index (χ0n) is 25.7. The fourth-order valence-corrected chi connectivity index (χ4v) is 7.91. The molecule has 4 fully saturated rings. The quantitative estimate of drug-likeness (QED) is 0.142. The molecule has 0 saturated heterocycles. The molecule has 4 bridgehead atoms. The van der Waals surface area contributed by atoms with Crippen molar-refractivity contribution >= 4 is 30.0 Å². The highest BCUT2D eigenvalue weighted by atomic mass is 16.5. The molecule has 4 saturated carbocycles. The van der Waals surface area contributed by atoms with Crippen LogP contribution >= 0.6 is 0 Å². The summed E-state index contributed by atoms with van der Waals surface area (Å²) >= 11 is 0. The van der Waals surface area contributed by atoms with Gasteiger partial charge in [0.2, 0.25) is 5.91 Å². The molecule has 3 aromatic carbocycles. The first-order valence-electron chi connectivity index (χ1n) is 16.1. The van der Waals surface area contributed by atoms with Gasteiger partial charge in [-0.05, 0) is 122 Å². The Balaban J connectivity index is 0.000000383. The van der Waals surface area contributed by atoms with Crippen molar-refractivity contribution in [2.75, 3.05) is 6.61 Å². The number of carbonyl (C=O) groups excluding carboxylic acids is 1. The number of carboxylic acids is 2. The summed E-state index contributed by atoms with van der Waals surface area (Å²) in [4.78, 5) is 32.3. The summed E-state index contributed by atoms with van der Waals surface area (Å²) in [6.07, 6.45) is 15.3. The monoisotopic (exact) mass is 609 g/mol. The van der Waals surface area contributed by atoms with Gasteiger partial charge in [-0.3, -0.25) is 4.79 Å². The van der Waals surface area contributed by atoms with Crippen LogP contribution in [0, 0.1) is 17.8 Å². The van der Waals surface area contributed by atoms with E-state index in [-0.39, 0.29) is 11.3 Å². The molecule has 7 heteroatoms. The zero-order valence-corrected chi connectivity index (χ0v) is 25.7. The molecule has 0 aromatic heterocycles. The number of rotatable bonds is 12. The third-order valence-electron chi connectivity index (χ3n) is 9.59. The topological polar surface area (TPSA) is 127 Å². The molecule has 7 nitrogen and oxygen atoms in total. The summed E-state index contributed by atoms with van der Waals surface area (Å²) in [6, 6.07) is 21.9. The van der Waals surface area contributed by atoms with E-state index in [1.807, 2.05) is 18.2 Å². The molecular weight excluding hydrogens is 566 g/mol. The van der Waals surface area contributed by atoms with Gasteiger partial charge in [-0.25, -0.2) is 9.59 Å². The third kappa shape index (κ3) is 8.41. The summed E-state index contributed by atoms with van der Waals surface area (Å²) in [7, 11) is 0. The summed E-state index contributed by atoms with van der Waals surface area (Å²) in [6.45, 7) is 0.641. The molecule has 0 heterocycles. The molecule has 7 rings (SSSR count). The van der Waals surface area contributed by atoms with E-state index in [4.69, 9.17) is 20.7 Å². The predicted molar refractivity (Wildman–Crippen MR) is 175 cm³/mol. The Labute approximate surface area is 265 Å². The Morgan fingerprint density at radius 1 is 0.733 bits per heavy atom. The highest BCUT2D eigenvalue weighted by molar-refractivity contribution is 5.88. The molecule has 0 radical (unpaired) electrons. The first kappa shape index (κ1) is 32.0. The second-order valence-corrected chi connectivity index (χ2v) is 13.0. The van der Waals surface area contributed by atoms with Crippen LogP contribution in [0.2, 0.25) is 0 Å². The smallest absolute Gasteiger partial charge is 0.335 e. The van der Waals surface area contributed by atoms with Gasteiger partial charge in [0.15, 0.2) is 0 Å². The Kier molecular flexibility index (Phi) is 10.4. The molecule has 4 aliphatic rings. The summed E-state index contributed by atoms with van der Waals surface area (Å²) in [5, 5.41) is 17.5. The number of amides is 1. The number of hydrogen-bond donors (Lipinski definition) is 3. The molecule has 4 aliphatic carbocycles. The van der Waals surface area contributed by atoms with Crippen molar-refractivity contribution in [1.29, 1.82) is 0 Å². The fraction of sp³-hybridized carbons (Fsp3) is 0.395. The fourth-order valence-electron chi connectivity index (χ4n) is 7.91. The van der Waals surface area contributed by atoms with Gasteiger partial charge in [-0.1, -0.05) is 54.6 Å². The van der Waals surface area contributed by atoms with Crippen LogP contribution in [0.5, 0.6) is 5.75 Å². The van der Waals surface area contributed by atoms with Crippen LogP contribution in [0.1, 0.15) is 102 Å². The minimum atomic E-state index is -0.915. The van der Waals surface area contributed by atoms with Crippen LogP contribution < -0.4 is 10.5 Å². The van der Waals surface area contributed by atoms with E-state index >= 15 is 0 Å². The SMILES string of the molecule is NC(=O)CCCCCOc1cc(/C=C/c2ccc(C(=O)O)cc2)ccc1C12CC3CC(CC(C3)C1)C2.O=C(O)c1ccccc1. The Morgan fingerprint density at radius 3 is 1.84 bits per heavy atom. The first-order chi connectivity index (χ1) is 21.7. The Morgan fingerprint density at radius 2 is 1.29 bits per heavy atom. The first-order valence-corrected chi connectivity index (χ1v) is 16.1. The van der Waals surface area contributed by atoms with Crippen molar-refractivity contribution in [2.45, 2.75) is 69.6 Å². The highest BCUT2D eigenvalue weighted by Crippen LogP contribution is 2.62. The van der Waals surface area contributed by atoms with E-state index in [9.17, 15) is 14.4 Å². The van der Waals surface area contributed by atoms with Gasteiger partial charge in [0, 0.05) is 12.0 Å². The Bertz CT molecular complexity index is 1480. The van der Waals surface area contributed by atoms with Crippen molar-refractivity contribution in [1.82, 2.24) is 0 Å². The maximum Gasteiger partial charge on any atom is 0.335 e. The number of unbranched alkanes of at least 4 members (excludes halogenated alkanes) is 2. The predicted octanol–water partition coefficient (Wildman–Crippen LogP) is 7.83. The van der Waals surface area contributed by atoms with Crippen LogP contribution in [-0.4, -0.2) is 34.7 Å². The van der Waals surface area contributed by atoms with Crippen molar-refractivity contribution < 1.29 is 29.3 Å². The number of aromatic carboxylic acids is 2. The van der Waals surface area contributed by atoms with Crippen molar-refractivity contribution in [3.63, 3.8) is 0 Å². The number of benzene rings is 3. The Hall–Kier alpha value is -4.39. The normalized spacial score (nSPS) is 22.9. The average molecular weight is 610 g/mol. The van der Waals surface area contributed by atoms with Gasteiger partial charge >= 0.3 is 11.9 Å². The minimum absolute atomic E-state index is 0.239. The molecule has 0 spiro atoms. The summed E-state index contributed by atoms with van der Waals surface area (Å²) in [5.41, 5.74) is 9.57. The maximum absolute atomic E-state index is 11.1. The van der Waals surface area contributed by atoms with E-state index in [1.165, 1.54) is 44.1 Å². The lowest BCUT2D eigenvalue weighted by atomic mass is 9.48. The van der Waals surface area contributed by atoms with Gasteiger partial charge < -0.3 is 20.7 Å². The van der Waals surface area contributed by atoms with Crippen LogP contribution in [0.3, 0.4) is 0 Å². The lowest BCUT2D eigenvalue weighted by Crippen LogP contribution is -2.48. The standard InChI is InChI=1S/C31H37NO4.C7H6O2/c32-29(33)4-2-1-3-13-36-28-17-22(6-5-21-7-10-26(11-8-21)30(34)35)9-12-27(28)31-18-23-14-24(19-31)16-25(15-23)20-31;8-7(9)6-4-2-1-3-5-6/h5-12,17,23-25H,1-4,13-16,18-20H2,(H2,32,33)(H,34,35);1-5H,(H,8,9)/b6-5+;. The third-order valence-corrected chi connectivity index (χ3v) is 9.59. The molecule has 0 aliphatic heterocycles. The van der Waals surface area contributed by atoms with Crippen molar-refractivity contribution in [3.05, 3.63) is 101 Å².